The van der Waals surface area contributed by atoms with Gasteiger partial charge < -0.3 is 43.5 Å². The first-order chi connectivity index (χ1) is 22.8. The number of methoxy groups -OCH3 is 4. The van der Waals surface area contributed by atoms with Crippen LogP contribution in [0, 0.1) is 0 Å². The highest BCUT2D eigenvalue weighted by molar-refractivity contribution is 8.77. The van der Waals surface area contributed by atoms with Gasteiger partial charge >= 0.3 is 12.1 Å². The highest BCUT2D eigenvalue weighted by Gasteiger charge is 2.37. The van der Waals surface area contributed by atoms with Crippen molar-refractivity contribution in [2.75, 3.05) is 59.2 Å². The predicted octanol–water partition coefficient (Wildman–Crippen LogP) is 7.23. The van der Waals surface area contributed by atoms with E-state index in [0.29, 0.717) is 63.5 Å². The van der Waals surface area contributed by atoms with Crippen LogP contribution in [0.1, 0.15) is 66.6 Å². The molecule has 0 fully saturated rings. The van der Waals surface area contributed by atoms with E-state index < -0.39 is 12.1 Å². The third kappa shape index (κ3) is 6.73. The number of H-pyrrole nitrogens is 2. The van der Waals surface area contributed by atoms with Gasteiger partial charge in [-0.05, 0) is 30.2 Å². The quantitative estimate of drug-likeness (QED) is 0.0939. The zero-order valence-electron chi connectivity index (χ0n) is 28.7. The first-order valence-electron chi connectivity index (χ1n) is 15.5. The van der Waals surface area contributed by atoms with Crippen molar-refractivity contribution in [3.8, 4) is 23.0 Å². The van der Waals surface area contributed by atoms with E-state index >= 15 is 0 Å². The van der Waals surface area contributed by atoms with Gasteiger partial charge in [0.05, 0.1) is 45.2 Å². The lowest BCUT2D eigenvalue weighted by atomic mass is 9.95. The number of carbonyl (C=O) groups is 3. The second kappa shape index (κ2) is 14.1. The second-order valence-corrected chi connectivity index (χ2v) is 15.6. The molecule has 0 bridgehead atoms. The standard InChI is InChI=1S/C34H42N4O8S2/c1-10-18-17-38(31(39)21-13-19-14-25(42-6)29(43-7)30(44-8)27(19)35-21)23-16-24(28-20(26(18)23)15-22(36-28)32(40)45-9)46-33(41)37(5)11-12-47-48-34(2,3)4/h13-16,18,35-36H,10-12,17H2,1-9H3. The van der Waals surface area contributed by atoms with Crippen molar-refractivity contribution in [1.29, 1.82) is 0 Å². The lowest BCUT2D eigenvalue weighted by molar-refractivity contribution is 0.0595. The number of aromatic nitrogens is 2. The van der Waals surface area contributed by atoms with Crippen molar-refractivity contribution in [3.05, 3.63) is 41.2 Å². The van der Waals surface area contributed by atoms with Gasteiger partial charge in [-0.15, -0.1) is 0 Å². The average molecular weight is 699 g/mol. The molecule has 1 aliphatic rings. The Kier molecular flexibility index (Phi) is 10.3. The summed E-state index contributed by atoms with van der Waals surface area (Å²) < 4.78 is 27.7. The Labute approximate surface area is 287 Å². The van der Waals surface area contributed by atoms with Crippen LogP contribution in [0.5, 0.6) is 23.0 Å². The molecule has 258 valence electrons. The number of nitrogens with zero attached hydrogens (tertiary/aromatic N) is 2. The van der Waals surface area contributed by atoms with Gasteiger partial charge in [-0.25, -0.2) is 9.59 Å². The van der Waals surface area contributed by atoms with Crippen LogP contribution in [-0.4, -0.2) is 91.9 Å². The molecule has 2 aromatic heterocycles. The molecule has 4 aromatic rings. The van der Waals surface area contributed by atoms with E-state index in [1.54, 1.807) is 57.8 Å². The molecule has 0 saturated carbocycles. The van der Waals surface area contributed by atoms with E-state index in [9.17, 15) is 14.4 Å². The molecule has 2 amide bonds. The van der Waals surface area contributed by atoms with Crippen LogP contribution in [0.15, 0.2) is 24.3 Å². The number of nitrogens with one attached hydrogen (secondary N) is 2. The van der Waals surface area contributed by atoms with Crippen LogP contribution in [0.2, 0.25) is 0 Å². The van der Waals surface area contributed by atoms with Crippen LogP contribution in [0.3, 0.4) is 0 Å². The van der Waals surface area contributed by atoms with E-state index in [1.165, 1.54) is 33.3 Å². The van der Waals surface area contributed by atoms with Gasteiger partial charge in [-0.2, -0.15) is 0 Å². The Morgan fingerprint density at radius 3 is 2.27 bits per heavy atom. The normalized spacial score (nSPS) is 14.3. The minimum absolute atomic E-state index is 0.0448. The van der Waals surface area contributed by atoms with E-state index in [-0.39, 0.29) is 28.0 Å². The summed E-state index contributed by atoms with van der Waals surface area (Å²) in [4.78, 5) is 49.8. The van der Waals surface area contributed by atoms with Crippen molar-refractivity contribution in [2.24, 2.45) is 0 Å². The summed E-state index contributed by atoms with van der Waals surface area (Å²) in [6, 6.07) is 6.93. The number of anilines is 1. The van der Waals surface area contributed by atoms with Gasteiger partial charge in [0.2, 0.25) is 5.75 Å². The highest BCUT2D eigenvalue weighted by Crippen LogP contribution is 2.48. The predicted molar refractivity (Wildman–Crippen MR) is 191 cm³/mol. The molecule has 3 heterocycles. The van der Waals surface area contributed by atoms with Crippen LogP contribution in [0.25, 0.3) is 21.8 Å². The minimum Gasteiger partial charge on any atom is -0.493 e. The first kappa shape index (κ1) is 35.1. The number of rotatable bonds is 11. The minimum atomic E-state index is -0.556. The topological polar surface area (TPSA) is 135 Å². The molecule has 12 nitrogen and oxygen atoms in total. The maximum Gasteiger partial charge on any atom is 0.415 e. The fraction of sp³-hybridized carbons (Fsp3) is 0.441. The maximum atomic E-state index is 14.3. The molecule has 0 radical (unpaired) electrons. The fourth-order valence-electron chi connectivity index (χ4n) is 5.82. The smallest absolute Gasteiger partial charge is 0.415 e. The molecule has 0 spiro atoms. The molecule has 14 heteroatoms. The fourth-order valence-corrected chi connectivity index (χ4v) is 8.14. The summed E-state index contributed by atoms with van der Waals surface area (Å²) >= 11 is 0. The third-order valence-electron chi connectivity index (χ3n) is 8.12. The van der Waals surface area contributed by atoms with Crippen molar-refractivity contribution in [2.45, 2.75) is 44.8 Å². The number of ether oxygens (including phenoxy) is 5. The second-order valence-electron chi connectivity index (χ2n) is 12.4. The maximum absolute atomic E-state index is 14.3. The lowest BCUT2D eigenvalue weighted by Crippen LogP contribution is -2.32. The summed E-state index contributed by atoms with van der Waals surface area (Å²) in [5, 5.41) is 1.39. The Balaban J connectivity index is 1.55. The Hall–Kier alpha value is -4.17. The Morgan fingerprint density at radius 2 is 1.65 bits per heavy atom. The third-order valence-corrected chi connectivity index (χ3v) is 11.4. The molecule has 5 rings (SSSR count). The molecule has 1 aliphatic heterocycles. The van der Waals surface area contributed by atoms with Gasteiger partial charge in [-0.3, -0.25) is 4.79 Å². The SMILES string of the molecule is CCC1CN(C(=O)c2cc3cc(OC)c(OC)c(OC)c3[nH]2)c2cc(OC(=O)N(C)CCSSC(C)(C)C)c3[nH]c(C(=O)OC)cc3c21. The lowest BCUT2D eigenvalue weighted by Gasteiger charge is -2.20. The largest absolute Gasteiger partial charge is 0.493 e. The molecule has 1 unspecified atom stereocenters. The molecule has 48 heavy (non-hydrogen) atoms. The molecule has 2 aromatic carbocycles. The van der Waals surface area contributed by atoms with E-state index in [2.05, 4.69) is 30.7 Å². The Morgan fingerprint density at radius 1 is 0.938 bits per heavy atom. The van der Waals surface area contributed by atoms with Crippen LogP contribution < -0.4 is 23.8 Å². The monoisotopic (exact) mass is 698 g/mol. The number of hydrogen-bond donors (Lipinski definition) is 2. The zero-order chi connectivity index (χ0) is 34.9. The number of aromatic amines is 2. The van der Waals surface area contributed by atoms with Gasteiger partial charge in [0.1, 0.15) is 11.4 Å². The van der Waals surface area contributed by atoms with Crippen molar-refractivity contribution >= 4 is 67.1 Å². The molecule has 0 saturated heterocycles. The Bertz CT molecular complexity index is 1860. The summed E-state index contributed by atoms with van der Waals surface area (Å²) in [6.07, 6.45) is 0.173. The van der Waals surface area contributed by atoms with E-state index in [1.807, 2.05) is 6.92 Å². The van der Waals surface area contributed by atoms with Gasteiger partial charge in [0, 0.05) is 53.4 Å². The zero-order valence-corrected chi connectivity index (χ0v) is 30.3. The first-order valence-corrected chi connectivity index (χ1v) is 17.8. The number of esters is 1. The molecular weight excluding hydrogens is 657 g/mol. The van der Waals surface area contributed by atoms with Crippen LogP contribution >= 0.6 is 21.6 Å². The number of carbonyl (C=O) groups excluding carboxylic acids is 3. The number of hydrogen-bond acceptors (Lipinski definition) is 10. The molecular formula is C34H42N4O8S2. The highest BCUT2D eigenvalue weighted by atomic mass is 33.1. The van der Waals surface area contributed by atoms with Crippen molar-refractivity contribution < 1.29 is 38.1 Å². The number of amides is 2. The number of fused-ring (bicyclic) bond motifs is 4. The summed E-state index contributed by atoms with van der Waals surface area (Å²) in [7, 11) is 11.0. The van der Waals surface area contributed by atoms with Gasteiger partial charge in [0.15, 0.2) is 17.2 Å². The van der Waals surface area contributed by atoms with E-state index in [0.717, 1.165) is 17.7 Å². The molecule has 2 N–H and O–H groups in total. The van der Waals surface area contributed by atoms with Crippen molar-refractivity contribution in [1.82, 2.24) is 14.9 Å². The van der Waals surface area contributed by atoms with Crippen LogP contribution in [-0.2, 0) is 4.74 Å². The van der Waals surface area contributed by atoms with Gasteiger partial charge in [-0.1, -0.05) is 49.3 Å². The van der Waals surface area contributed by atoms with Crippen LogP contribution in [0.4, 0.5) is 10.5 Å². The van der Waals surface area contributed by atoms with E-state index in [4.69, 9.17) is 23.7 Å². The number of benzene rings is 2. The summed E-state index contributed by atoms with van der Waals surface area (Å²) in [5.41, 5.74) is 3.09. The van der Waals surface area contributed by atoms with Gasteiger partial charge in [0.25, 0.3) is 5.91 Å². The molecule has 0 aliphatic carbocycles. The van der Waals surface area contributed by atoms with Crippen molar-refractivity contribution in [3.63, 3.8) is 0 Å². The average Bonchev–Trinajstić information content (AvgIpc) is 3.79. The molecule has 1 atom stereocenters. The summed E-state index contributed by atoms with van der Waals surface area (Å²) in [6.45, 7) is 9.33. The summed E-state index contributed by atoms with van der Waals surface area (Å²) in [5.74, 6) is 1.33.